The number of hydrogen-bond donors (Lipinski definition) is 1. The molecular weight excluding hydrogens is 397 g/mol. The Morgan fingerprint density at radius 1 is 1.11 bits per heavy atom. The van der Waals surface area contributed by atoms with E-state index in [0.717, 1.165) is 9.13 Å². The lowest BCUT2D eigenvalue weighted by Crippen LogP contribution is -2.13. The van der Waals surface area contributed by atoms with Crippen LogP contribution in [0.4, 0.5) is 5.69 Å². The van der Waals surface area contributed by atoms with E-state index >= 15 is 0 Å². The SMILES string of the molecule is Cc1ccc(S(=O)(=O)Nc2ccc(Cl)cc2)cc1I. The molecule has 2 aromatic carbocycles. The monoisotopic (exact) mass is 407 g/mol. The van der Waals surface area contributed by atoms with Crippen molar-refractivity contribution in [1.29, 1.82) is 0 Å². The van der Waals surface area contributed by atoms with E-state index in [9.17, 15) is 8.42 Å². The molecule has 0 aromatic heterocycles. The zero-order chi connectivity index (χ0) is 14.0. The van der Waals surface area contributed by atoms with Crippen LogP contribution in [0.3, 0.4) is 0 Å². The summed E-state index contributed by atoms with van der Waals surface area (Å²) in [7, 11) is -3.56. The van der Waals surface area contributed by atoms with E-state index in [4.69, 9.17) is 11.6 Å². The molecule has 0 amide bonds. The first kappa shape index (κ1) is 14.6. The van der Waals surface area contributed by atoms with Crippen LogP contribution in [0.2, 0.25) is 5.02 Å². The van der Waals surface area contributed by atoms with Crippen LogP contribution >= 0.6 is 34.2 Å². The van der Waals surface area contributed by atoms with Gasteiger partial charge in [-0.25, -0.2) is 8.42 Å². The van der Waals surface area contributed by atoms with Gasteiger partial charge in [0.15, 0.2) is 0 Å². The highest BCUT2D eigenvalue weighted by Crippen LogP contribution is 2.21. The van der Waals surface area contributed by atoms with Gasteiger partial charge in [-0.05, 0) is 71.5 Å². The van der Waals surface area contributed by atoms with Gasteiger partial charge in [0, 0.05) is 14.3 Å². The van der Waals surface area contributed by atoms with Crippen LogP contribution in [0.15, 0.2) is 47.4 Å². The summed E-state index contributed by atoms with van der Waals surface area (Å²) < 4.78 is 27.8. The Morgan fingerprint density at radius 2 is 1.74 bits per heavy atom. The second-order valence-corrected chi connectivity index (χ2v) is 7.30. The molecule has 3 nitrogen and oxygen atoms in total. The van der Waals surface area contributed by atoms with E-state index in [1.807, 2.05) is 6.92 Å². The van der Waals surface area contributed by atoms with E-state index in [2.05, 4.69) is 27.3 Å². The first-order chi connectivity index (χ1) is 8.88. The zero-order valence-electron chi connectivity index (χ0n) is 10.0. The van der Waals surface area contributed by atoms with Crippen molar-refractivity contribution in [1.82, 2.24) is 0 Å². The third-order valence-corrected chi connectivity index (χ3v) is 5.34. The van der Waals surface area contributed by atoms with Crippen LogP contribution in [0, 0.1) is 10.5 Å². The lowest BCUT2D eigenvalue weighted by molar-refractivity contribution is 0.601. The number of anilines is 1. The Labute approximate surface area is 131 Å². The zero-order valence-corrected chi connectivity index (χ0v) is 13.8. The van der Waals surface area contributed by atoms with Crippen LogP contribution in [-0.4, -0.2) is 8.42 Å². The summed E-state index contributed by atoms with van der Waals surface area (Å²) in [5, 5.41) is 0.563. The molecule has 100 valence electrons. The summed E-state index contributed by atoms with van der Waals surface area (Å²) in [4.78, 5) is 0.248. The number of rotatable bonds is 3. The summed E-state index contributed by atoms with van der Waals surface area (Å²) in [5.74, 6) is 0. The third kappa shape index (κ3) is 3.61. The second kappa shape index (κ2) is 5.68. The lowest BCUT2D eigenvalue weighted by atomic mass is 10.2. The van der Waals surface area contributed by atoms with Crippen molar-refractivity contribution in [3.05, 3.63) is 56.6 Å². The molecule has 0 atom stereocenters. The fourth-order valence-electron chi connectivity index (χ4n) is 1.47. The standard InChI is InChI=1S/C13H11ClINO2S/c1-9-2-7-12(8-13(9)15)19(17,18)16-11-5-3-10(14)4-6-11/h2-8,16H,1H3. The van der Waals surface area contributed by atoms with Crippen molar-refractivity contribution in [2.45, 2.75) is 11.8 Å². The van der Waals surface area contributed by atoms with Gasteiger partial charge in [-0.1, -0.05) is 17.7 Å². The van der Waals surface area contributed by atoms with Gasteiger partial charge < -0.3 is 0 Å². The maximum atomic E-state index is 12.2. The fraction of sp³-hybridized carbons (Fsp3) is 0.0769. The van der Waals surface area contributed by atoms with E-state index in [0.29, 0.717) is 10.7 Å². The van der Waals surface area contributed by atoms with Crippen molar-refractivity contribution in [2.75, 3.05) is 4.72 Å². The van der Waals surface area contributed by atoms with Gasteiger partial charge in [0.25, 0.3) is 10.0 Å². The molecule has 0 unspecified atom stereocenters. The van der Waals surface area contributed by atoms with Gasteiger partial charge in [0.05, 0.1) is 4.90 Å². The predicted octanol–water partition coefficient (Wildman–Crippen LogP) is 4.05. The molecule has 0 radical (unpaired) electrons. The molecule has 0 heterocycles. The number of benzene rings is 2. The first-order valence-electron chi connectivity index (χ1n) is 5.43. The third-order valence-electron chi connectivity index (χ3n) is 2.55. The lowest BCUT2D eigenvalue weighted by Gasteiger charge is -2.09. The molecule has 1 N–H and O–H groups in total. The fourth-order valence-corrected chi connectivity index (χ4v) is 3.41. The largest absolute Gasteiger partial charge is 0.280 e. The maximum Gasteiger partial charge on any atom is 0.261 e. The molecule has 0 fully saturated rings. The van der Waals surface area contributed by atoms with Crippen LogP contribution in [0.5, 0.6) is 0 Å². The minimum Gasteiger partial charge on any atom is -0.280 e. The van der Waals surface area contributed by atoms with Gasteiger partial charge >= 0.3 is 0 Å². The van der Waals surface area contributed by atoms with Crippen molar-refractivity contribution in [3.63, 3.8) is 0 Å². The Bertz CT molecular complexity index is 699. The first-order valence-corrected chi connectivity index (χ1v) is 8.37. The molecule has 19 heavy (non-hydrogen) atoms. The summed E-state index contributed by atoms with van der Waals surface area (Å²) in [6, 6.07) is 11.6. The van der Waals surface area contributed by atoms with Crippen molar-refractivity contribution in [2.24, 2.45) is 0 Å². The molecule has 2 rings (SSSR count). The Morgan fingerprint density at radius 3 is 2.32 bits per heavy atom. The summed E-state index contributed by atoms with van der Waals surface area (Å²) in [6.45, 7) is 1.94. The number of nitrogens with one attached hydrogen (secondary N) is 1. The molecule has 0 bridgehead atoms. The van der Waals surface area contributed by atoms with Crippen LogP contribution in [0.25, 0.3) is 0 Å². The van der Waals surface area contributed by atoms with E-state index in [1.165, 1.54) is 0 Å². The highest BCUT2D eigenvalue weighted by Gasteiger charge is 2.14. The molecule has 0 spiro atoms. The summed E-state index contributed by atoms with van der Waals surface area (Å²) in [5.41, 5.74) is 1.53. The smallest absolute Gasteiger partial charge is 0.261 e. The minimum absolute atomic E-state index is 0.248. The van der Waals surface area contributed by atoms with Gasteiger partial charge in [-0.15, -0.1) is 0 Å². The Kier molecular flexibility index (Phi) is 4.37. The average molecular weight is 408 g/mol. The topological polar surface area (TPSA) is 46.2 Å². The quantitative estimate of drug-likeness (QED) is 0.780. The molecule has 6 heteroatoms. The molecule has 0 saturated heterocycles. The molecule has 2 aromatic rings. The molecule has 0 aliphatic rings. The predicted molar refractivity (Wildman–Crippen MR) is 86.2 cm³/mol. The number of halogens is 2. The van der Waals surface area contributed by atoms with Crippen LogP contribution in [-0.2, 0) is 10.0 Å². The number of aryl methyl sites for hydroxylation is 1. The van der Waals surface area contributed by atoms with E-state index in [1.54, 1.807) is 42.5 Å². The van der Waals surface area contributed by atoms with Crippen LogP contribution in [0.1, 0.15) is 5.56 Å². The normalized spacial score (nSPS) is 11.3. The van der Waals surface area contributed by atoms with Gasteiger partial charge in [0.1, 0.15) is 0 Å². The summed E-state index contributed by atoms with van der Waals surface area (Å²) in [6.07, 6.45) is 0. The molecule has 0 saturated carbocycles. The second-order valence-electron chi connectivity index (χ2n) is 4.02. The van der Waals surface area contributed by atoms with Crippen molar-refractivity contribution in [3.8, 4) is 0 Å². The Balaban J connectivity index is 2.32. The van der Waals surface area contributed by atoms with E-state index < -0.39 is 10.0 Å². The highest BCUT2D eigenvalue weighted by molar-refractivity contribution is 14.1. The van der Waals surface area contributed by atoms with Crippen LogP contribution < -0.4 is 4.72 Å². The Hall–Kier alpha value is -0.790. The summed E-state index contributed by atoms with van der Waals surface area (Å²) >= 11 is 7.88. The van der Waals surface area contributed by atoms with E-state index in [-0.39, 0.29) is 4.90 Å². The average Bonchev–Trinajstić information content (AvgIpc) is 2.35. The highest BCUT2D eigenvalue weighted by atomic mass is 127. The van der Waals surface area contributed by atoms with Gasteiger partial charge in [-0.2, -0.15) is 0 Å². The van der Waals surface area contributed by atoms with Gasteiger partial charge in [0.2, 0.25) is 0 Å². The number of hydrogen-bond acceptors (Lipinski definition) is 2. The molecular formula is C13H11ClINO2S. The minimum atomic E-state index is -3.56. The van der Waals surface area contributed by atoms with Gasteiger partial charge in [-0.3, -0.25) is 4.72 Å². The van der Waals surface area contributed by atoms with Crippen molar-refractivity contribution >= 4 is 49.9 Å². The number of sulfonamides is 1. The molecule has 0 aliphatic carbocycles. The maximum absolute atomic E-state index is 12.2. The van der Waals surface area contributed by atoms with Crippen molar-refractivity contribution < 1.29 is 8.42 Å². The molecule has 0 aliphatic heterocycles.